The highest BCUT2D eigenvalue weighted by Gasteiger charge is 2.07. The third-order valence-electron chi connectivity index (χ3n) is 3.08. The van der Waals surface area contributed by atoms with Crippen LogP contribution in [-0.2, 0) is 6.54 Å². The molecule has 1 nitrogen and oxygen atoms in total. The molecule has 0 aliphatic carbocycles. The van der Waals surface area contributed by atoms with Gasteiger partial charge in [0.25, 0.3) is 0 Å². The van der Waals surface area contributed by atoms with Crippen molar-refractivity contribution in [2.75, 3.05) is 14.1 Å². The van der Waals surface area contributed by atoms with Crippen LogP contribution in [0.25, 0.3) is 0 Å². The standard InChI is InChI=1S/C13H21N/c1-9-7-13(8-14(5)6)12(4)11(3)10(9)2/h7H,8H2,1-6H3. The number of hydrogen-bond donors (Lipinski definition) is 0. The molecule has 0 saturated heterocycles. The summed E-state index contributed by atoms with van der Waals surface area (Å²) < 4.78 is 0. The van der Waals surface area contributed by atoms with E-state index in [4.69, 9.17) is 0 Å². The smallest absolute Gasteiger partial charge is 0.0230 e. The lowest BCUT2D eigenvalue weighted by Crippen LogP contribution is -2.12. The molecular weight excluding hydrogens is 170 g/mol. The first-order chi connectivity index (χ1) is 6.43. The topological polar surface area (TPSA) is 3.24 Å². The van der Waals surface area contributed by atoms with Crippen molar-refractivity contribution in [1.82, 2.24) is 4.90 Å². The van der Waals surface area contributed by atoms with E-state index in [-0.39, 0.29) is 0 Å². The number of benzene rings is 1. The van der Waals surface area contributed by atoms with Crippen LogP contribution in [-0.4, -0.2) is 19.0 Å². The van der Waals surface area contributed by atoms with Crippen molar-refractivity contribution >= 4 is 0 Å². The summed E-state index contributed by atoms with van der Waals surface area (Å²) in [7, 11) is 4.23. The fourth-order valence-corrected chi connectivity index (χ4v) is 1.80. The molecule has 78 valence electrons. The third-order valence-corrected chi connectivity index (χ3v) is 3.08. The molecule has 0 aromatic heterocycles. The molecule has 0 fully saturated rings. The van der Waals surface area contributed by atoms with Crippen LogP contribution in [0, 0.1) is 27.7 Å². The van der Waals surface area contributed by atoms with Crippen LogP contribution in [0.3, 0.4) is 0 Å². The lowest BCUT2D eigenvalue weighted by molar-refractivity contribution is 0.401. The van der Waals surface area contributed by atoms with Gasteiger partial charge < -0.3 is 4.90 Å². The zero-order valence-electron chi connectivity index (χ0n) is 10.2. The van der Waals surface area contributed by atoms with Gasteiger partial charge in [0.15, 0.2) is 0 Å². The molecule has 0 bridgehead atoms. The Kier molecular flexibility index (Phi) is 3.33. The molecule has 1 rings (SSSR count). The summed E-state index contributed by atoms with van der Waals surface area (Å²) >= 11 is 0. The van der Waals surface area contributed by atoms with E-state index in [1.165, 1.54) is 27.8 Å². The van der Waals surface area contributed by atoms with Crippen LogP contribution >= 0.6 is 0 Å². The van der Waals surface area contributed by atoms with E-state index in [9.17, 15) is 0 Å². The normalized spacial score (nSPS) is 11.1. The second-order valence-corrected chi connectivity index (χ2v) is 4.47. The minimum Gasteiger partial charge on any atom is -0.305 e. The van der Waals surface area contributed by atoms with E-state index in [2.05, 4.69) is 52.8 Å². The highest BCUT2D eigenvalue weighted by Crippen LogP contribution is 2.21. The van der Waals surface area contributed by atoms with Crippen LogP contribution in [0.4, 0.5) is 0 Å². The van der Waals surface area contributed by atoms with E-state index in [1.54, 1.807) is 0 Å². The van der Waals surface area contributed by atoms with Gasteiger partial charge in [-0.05, 0) is 69.6 Å². The largest absolute Gasteiger partial charge is 0.305 e. The Morgan fingerprint density at radius 3 is 2.00 bits per heavy atom. The number of nitrogens with zero attached hydrogens (tertiary/aromatic N) is 1. The molecule has 0 unspecified atom stereocenters. The average Bonchev–Trinajstić information content (AvgIpc) is 2.10. The second-order valence-electron chi connectivity index (χ2n) is 4.47. The van der Waals surface area contributed by atoms with Crippen LogP contribution in [0.15, 0.2) is 6.07 Å². The Hall–Kier alpha value is -0.820. The summed E-state index contributed by atoms with van der Waals surface area (Å²) in [5.41, 5.74) is 7.19. The highest BCUT2D eigenvalue weighted by molar-refractivity contribution is 5.43. The van der Waals surface area contributed by atoms with Crippen LogP contribution in [0.5, 0.6) is 0 Å². The minimum absolute atomic E-state index is 1.04. The molecule has 14 heavy (non-hydrogen) atoms. The molecular formula is C13H21N. The third kappa shape index (κ3) is 2.16. The molecule has 0 aliphatic heterocycles. The summed E-state index contributed by atoms with van der Waals surface area (Å²) in [5.74, 6) is 0. The average molecular weight is 191 g/mol. The molecule has 0 spiro atoms. The first-order valence-corrected chi connectivity index (χ1v) is 5.14. The fourth-order valence-electron chi connectivity index (χ4n) is 1.80. The molecule has 0 heterocycles. The SMILES string of the molecule is Cc1cc(CN(C)C)c(C)c(C)c1C. The Morgan fingerprint density at radius 1 is 0.929 bits per heavy atom. The minimum atomic E-state index is 1.04. The molecule has 0 saturated carbocycles. The van der Waals surface area contributed by atoms with Crippen LogP contribution < -0.4 is 0 Å². The Balaban J connectivity index is 3.19. The highest BCUT2D eigenvalue weighted by atomic mass is 15.0. The predicted octanol–water partition coefficient (Wildman–Crippen LogP) is 2.98. The van der Waals surface area contributed by atoms with Gasteiger partial charge in [-0.3, -0.25) is 0 Å². The Morgan fingerprint density at radius 2 is 1.50 bits per heavy atom. The first-order valence-electron chi connectivity index (χ1n) is 5.14. The van der Waals surface area contributed by atoms with Crippen molar-refractivity contribution in [3.63, 3.8) is 0 Å². The molecule has 0 atom stereocenters. The maximum atomic E-state index is 2.32. The summed E-state index contributed by atoms with van der Waals surface area (Å²) in [6.07, 6.45) is 0. The van der Waals surface area contributed by atoms with Gasteiger partial charge in [0.2, 0.25) is 0 Å². The van der Waals surface area contributed by atoms with Crippen molar-refractivity contribution in [1.29, 1.82) is 0 Å². The van der Waals surface area contributed by atoms with Gasteiger partial charge in [-0.1, -0.05) is 6.07 Å². The van der Waals surface area contributed by atoms with Gasteiger partial charge >= 0.3 is 0 Å². The number of hydrogen-bond acceptors (Lipinski definition) is 1. The van der Waals surface area contributed by atoms with E-state index >= 15 is 0 Å². The predicted molar refractivity (Wildman–Crippen MR) is 62.8 cm³/mol. The van der Waals surface area contributed by atoms with Gasteiger partial charge in [0, 0.05) is 6.54 Å². The van der Waals surface area contributed by atoms with Gasteiger partial charge in [0.05, 0.1) is 0 Å². The fraction of sp³-hybridized carbons (Fsp3) is 0.538. The van der Waals surface area contributed by atoms with E-state index < -0.39 is 0 Å². The molecule has 0 N–H and O–H groups in total. The maximum absolute atomic E-state index is 2.32. The summed E-state index contributed by atoms with van der Waals surface area (Å²) in [6.45, 7) is 9.88. The lowest BCUT2D eigenvalue weighted by Gasteiger charge is -2.17. The quantitative estimate of drug-likeness (QED) is 0.694. The first kappa shape index (κ1) is 11.3. The summed E-state index contributed by atoms with van der Waals surface area (Å²) in [4.78, 5) is 2.22. The maximum Gasteiger partial charge on any atom is 0.0230 e. The van der Waals surface area contributed by atoms with Crippen molar-refractivity contribution < 1.29 is 0 Å². The van der Waals surface area contributed by atoms with Gasteiger partial charge in [-0.2, -0.15) is 0 Å². The number of rotatable bonds is 2. The van der Waals surface area contributed by atoms with Crippen molar-refractivity contribution in [3.05, 3.63) is 33.9 Å². The molecule has 1 aromatic carbocycles. The molecule has 1 heteroatoms. The zero-order valence-corrected chi connectivity index (χ0v) is 10.2. The Labute approximate surface area is 87.7 Å². The lowest BCUT2D eigenvalue weighted by atomic mass is 9.94. The van der Waals surface area contributed by atoms with E-state index in [0.29, 0.717) is 0 Å². The van der Waals surface area contributed by atoms with Gasteiger partial charge in [0.1, 0.15) is 0 Å². The Bertz CT molecular complexity index is 338. The summed E-state index contributed by atoms with van der Waals surface area (Å²) in [6, 6.07) is 2.32. The monoisotopic (exact) mass is 191 g/mol. The molecule has 1 aromatic rings. The molecule has 0 aliphatic rings. The van der Waals surface area contributed by atoms with E-state index in [1.807, 2.05) is 0 Å². The van der Waals surface area contributed by atoms with Gasteiger partial charge in [-0.25, -0.2) is 0 Å². The van der Waals surface area contributed by atoms with Crippen molar-refractivity contribution in [2.45, 2.75) is 34.2 Å². The number of aryl methyl sites for hydroxylation is 1. The molecule has 0 amide bonds. The summed E-state index contributed by atoms with van der Waals surface area (Å²) in [5, 5.41) is 0. The molecule has 0 radical (unpaired) electrons. The zero-order chi connectivity index (χ0) is 10.9. The second kappa shape index (κ2) is 4.14. The van der Waals surface area contributed by atoms with Gasteiger partial charge in [-0.15, -0.1) is 0 Å². The van der Waals surface area contributed by atoms with Crippen molar-refractivity contribution in [2.24, 2.45) is 0 Å². The van der Waals surface area contributed by atoms with Crippen LogP contribution in [0.2, 0.25) is 0 Å². The van der Waals surface area contributed by atoms with Crippen LogP contribution in [0.1, 0.15) is 27.8 Å². The van der Waals surface area contributed by atoms with E-state index in [0.717, 1.165) is 6.54 Å². The van der Waals surface area contributed by atoms with Crippen molar-refractivity contribution in [3.8, 4) is 0 Å².